The van der Waals surface area contributed by atoms with Gasteiger partial charge in [-0.2, -0.15) is 0 Å². The summed E-state index contributed by atoms with van der Waals surface area (Å²) in [5.41, 5.74) is 3.70. The van der Waals surface area contributed by atoms with E-state index >= 15 is 0 Å². The maximum atomic E-state index is 13.0. The van der Waals surface area contributed by atoms with E-state index in [0.717, 1.165) is 16.8 Å². The van der Waals surface area contributed by atoms with Gasteiger partial charge in [0.1, 0.15) is 5.82 Å². The van der Waals surface area contributed by atoms with Crippen LogP contribution in [0.3, 0.4) is 0 Å². The summed E-state index contributed by atoms with van der Waals surface area (Å²) in [4.78, 5) is 25.4. The van der Waals surface area contributed by atoms with Crippen LogP contribution in [0.5, 0.6) is 11.5 Å². The number of nitrogens with zero attached hydrogens (tertiary/aromatic N) is 4. The molecule has 2 heterocycles. The van der Waals surface area contributed by atoms with Gasteiger partial charge in [-0.3, -0.25) is 18.6 Å². The lowest BCUT2D eigenvalue weighted by atomic mass is 10.1. The van der Waals surface area contributed by atoms with Crippen molar-refractivity contribution in [2.75, 3.05) is 19.5 Å². The second kappa shape index (κ2) is 9.78. The average molecular weight is 462 g/mol. The molecule has 1 amide bonds. The molecule has 4 aromatic rings. The number of aromatic nitrogens is 4. The molecule has 0 aliphatic rings. The van der Waals surface area contributed by atoms with E-state index in [4.69, 9.17) is 9.47 Å². The summed E-state index contributed by atoms with van der Waals surface area (Å²) in [7, 11) is 3.10. The summed E-state index contributed by atoms with van der Waals surface area (Å²) in [6.45, 7) is 4.04. The van der Waals surface area contributed by atoms with Gasteiger partial charge in [0, 0.05) is 42.7 Å². The number of hydrogen-bond acceptors (Lipinski definition) is 6. The first-order chi connectivity index (χ1) is 16.4. The highest BCUT2D eigenvalue weighted by Gasteiger charge is 2.13. The highest BCUT2D eigenvalue weighted by molar-refractivity contribution is 5.91. The van der Waals surface area contributed by atoms with Crippen LogP contribution in [0.25, 0.3) is 11.3 Å². The lowest BCUT2D eigenvalue weighted by Crippen LogP contribution is -2.20. The van der Waals surface area contributed by atoms with Crippen LogP contribution >= 0.6 is 0 Å². The molecule has 0 aliphatic heterocycles. The van der Waals surface area contributed by atoms with Crippen LogP contribution in [-0.2, 0) is 11.2 Å². The third kappa shape index (κ3) is 4.63. The monoisotopic (exact) mass is 461 g/mol. The predicted octanol–water partition coefficient (Wildman–Crippen LogP) is 3.48. The minimum absolute atomic E-state index is 0.127. The van der Waals surface area contributed by atoms with Crippen molar-refractivity contribution in [1.82, 2.24) is 19.2 Å². The third-order valence-corrected chi connectivity index (χ3v) is 5.78. The molecule has 9 nitrogen and oxygen atoms in total. The first kappa shape index (κ1) is 23.0. The molecule has 176 valence electrons. The van der Waals surface area contributed by atoms with Crippen molar-refractivity contribution in [2.24, 2.45) is 0 Å². The molecular formula is C25H27N5O4. The molecule has 0 radical (unpaired) electrons. The number of fused-ring (bicyclic) bond motifs is 1. The first-order valence-electron chi connectivity index (χ1n) is 11.0. The van der Waals surface area contributed by atoms with Crippen molar-refractivity contribution in [3.8, 4) is 17.2 Å². The Kier molecular flexibility index (Phi) is 6.62. The molecule has 0 saturated heterocycles. The molecule has 2 aromatic carbocycles. The Hall–Kier alpha value is -4.14. The minimum Gasteiger partial charge on any atom is -0.493 e. The molecule has 9 heteroatoms. The van der Waals surface area contributed by atoms with Crippen LogP contribution in [0.2, 0.25) is 0 Å². The molecule has 0 spiro atoms. The summed E-state index contributed by atoms with van der Waals surface area (Å²) in [5, 5.41) is 11.1. The SMILES string of the molecule is COc1ccc(NC(=O)CCCc2nnc3c(=O)n(-c4ccc(C)c(C)c4)ccn23)cc1OC. The fourth-order valence-corrected chi connectivity index (χ4v) is 3.73. The number of methoxy groups -OCH3 is 2. The zero-order valence-corrected chi connectivity index (χ0v) is 19.7. The van der Waals surface area contributed by atoms with Crippen LogP contribution < -0.4 is 20.3 Å². The standard InChI is InChI=1S/C25H27N5O4/c1-16-8-10-19(14-17(16)2)29-12-13-30-22(27-28-24(30)25(29)32)6-5-7-23(31)26-18-9-11-20(33-3)21(15-18)34-4/h8-15H,5-7H2,1-4H3,(H,26,31). The van der Waals surface area contributed by atoms with Crippen molar-refractivity contribution >= 4 is 17.2 Å². The Morgan fingerprint density at radius 3 is 2.50 bits per heavy atom. The lowest BCUT2D eigenvalue weighted by molar-refractivity contribution is -0.116. The van der Waals surface area contributed by atoms with E-state index in [1.165, 1.54) is 0 Å². The number of carbonyl (C=O) groups excluding carboxylic acids is 1. The fourth-order valence-electron chi connectivity index (χ4n) is 3.73. The van der Waals surface area contributed by atoms with Crippen LogP contribution in [0, 0.1) is 13.8 Å². The van der Waals surface area contributed by atoms with Gasteiger partial charge in [0.2, 0.25) is 11.6 Å². The van der Waals surface area contributed by atoms with Crippen LogP contribution in [-0.4, -0.2) is 39.3 Å². The van der Waals surface area contributed by atoms with Gasteiger partial charge in [-0.05, 0) is 55.7 Å². The van der Waals surface area contributed by atoms with Gasteiger partial charge in [0.05, 0.1) is 14.2 Å². The summed E-state index contributed by atoms with van der Waals surface area (Å²) >= 11 is 0. The largest absolute Gasteiger partial charge is 0.493 e. The Balaban J connectivity index is 1.42. The lowest BCUT2D eigenvalue weighted by Gasteiger charge is -2.10. The summed E-state index contributed by atoms with van der Waals surface area (Å²) in [6, 6.07) is 11.1. The smallest absolute Gasteiger partial charge is 0.300 e. The molecule has 0 saturated carbocycles. The van der Waals surface area contributed by atoms with Crippen LogP contribution in [0.1, 0.15) is 29.8 Å². The number of rotatable bonds is 8. The Bertz CT molecular complexity index is 1410. The molecule has 2 aromatic heterocycles. The number of nitrogens with one attached hydrogen (secondary N) is 1. The van der Waals surface area contributed by atoms with Gasteiger partial charge in [-0.1, -0.05) is 6.07 Å². The number of benzene rings is 2. The zero-order chi connectivity index (χ0) is 24.2. The molecule has 0 fully saturated rings. The van der Waals surface area contributed by atoms with Gasteiger partial charge in [0.15, 0.2) is 11.5 Å². The first-order valence-corrected chi connectivity index (χ1v) is 11.0. The summed E-state index contributed by atoms with van der Waals surface area (Å²) in [6.07, 6.45) is 4.86. The van der Waals surface area contributed by atoms with E-state index in [1.807, 2.05) is 32.0 Å². The molecule has 0 unspecified atom stereocenters. The number of ether oxygens (including phenoxy) is 2. The number of carbonyl (C=O) groups is 1. The maximum absolute atomic E-state index is 13.0. The van der Waals surface area contributed by atoms with Gasteiger partial charge >= 0.3 is 5.56 Å². The molecule has 4 rings (SSSR count). The molecule has 0 aliphatic carbocycles. The molecule has 0 atom stereocenters. The summed E-state index contributed by atoms with van der Waals surface area (Å²) in [5.74, 6) is 1.65. The second-order valence-electron chi connectivity index (χ2n) is 8.02. The average Bonchev–Trinajstić information content (AvgIpc) is 3.25. The normalized spacial score (nSPS) is 10.9. The Morgan fingerprint density at radius 2 is 1.76 bits per heavy atom. The van der Waals surface area contributed by atoms with Gasteiger partial charge in [-0.25, -0.2) is 0 Å². The molecular weight excluding hydrogens is 434 g/mol. The van der Waals surface area contributed by atoms with Crippen LogP contribution in [0.4, 0.5) is 5.69 Å². The number of anilines is 1. The van der Waals surface area contributed by atoms with Gasteiger partial charge in [0.25, 0.3) is 0 Å². The van der Waals surface area contributed by atoms with E-state index in [2.05, 4.69) is 15.5 Å². The fraction of sp³-hybridized carbons (Fsp3) is 0.280. The Labute approximate surface area is 197 Å². The van der Waals surface area contributed by atoms with Crippen molar-refractivity contribution in [1.29, 1.82) is 0 Å². The maximum Gasteiger partial charge on any atom is 0.300 e. The quantitative estimate of drug-likeness (QED) is 0.431. The van der Waals surface area contributed by atoms with E-state index in [-0.39, 0.29) is 17.1 Å². The molecule has 1 N–H and O–H groups in total. The van der Waals surface area contributed by atoms with Crippen molar-refractivity contribution in [2.45, 2.75) is 33.1 Å². The van der Waals surface area contributed by atoms with Crippen molar-refractivity contribution < 1.29 is 14.3 Å². The molecule has 34 heavy (non-hydrogen) atoms. The number of amides is 1. The number of aryl methyl sites for hydroxylation is 3. The van der Waals surface area contributed by atoms with Gasteiger partial charge < -0.3 is 14.8 Å². The van der Waals surface area contributed by atoms with E-state index < -0.39 is 0 Å². The van der Waals surface area contributed by atoms with E-state index in [9.17, 15) is 9.59 Å². The van der Waals surface area contributed by atoms with E-state index in [0.29, 0.717) is 42.3 Å². The van der Waals surface area contributed by atoms with Crippen LogP contribution in [0.15, 0.2) is 53.6 Å². The topological polar surface area (TPSA) is 99.8 Å². The second-order valence-corrected chi connectivity index (χ2v) is 8.02. The third-order valence-electron chi connectivity index (χ3n) is 5.78. The van der Waals surface area contributed by atoms with Crippen molar-refractivity contribution in [3.63, 3.8) is 0 Å². The Morgan fingerprint density at radius 1 is 0.971 bits per heavy atom. The summed E-state index contributed by atoms with van der Waals surface area (Å²) < 4.78 is 13.7. The van der Waals surface area contributed by atoms with Crippen molar-refractivity contribution in [3.05, 3.63) is 76.1 Å². The zero-order valence-electron chi connectivity index (χ0n) is 19.7. The minimum atomic E-state index is -0.240. The highest BCUT2D eigenvalue weighted by atomic mass is 16.5. The van der Waals surface area contributed by atoms with Gasteiger partial charge in [-0.15, -0.1) is 10.2 Å². The predicted molar refractivity (Wildman–Crippen MR) is 129 cm³/mol. The number of hydrogen-bond donors (Lipinski definition) is 1. The highest BCUT2D eigenvalue weighted by Crippen LogP contribution is 2.29. The molecule has 0 bridgehead atoms. The van der Waals surface area contributed by atoms with E-state index in [1.54, 1.807) is 53.8 Å².